The lowest BCUT2D eigenvalue weighted by Gasteiger charge is -2.28. The summed E-state index contributed by atoms with van der Waals surface area (Å²) in [5.74, 6) is 0.226. The maximum atomic E-state index is 13.2. The van der Waals surface area contributed by atoms with Gasteiger partial charge >= 0.3 is 0 Å². The van der Waals surface area contributed by atoms with Gasteiger partial charge in [-0.25, -0.2) is 13.4 Å². The minimum atomic E-state index is -3.10. The number of nitrogens with zero attached hydrogens (tertiary/aromatic N) is 3. The van der Waals surface area contributed by atoms with Crippen molar-refractivity contribution in [2.45, 2.75) is 24.2 Å². The van der Waals surface area contributed by atoms with Crippen molar-refractivity contribution in [3.63, 3.8) is 0 Å². The summed E-state index contributed by atoms with van der Waals surface area (Å²) in [6.07, 6.45) is 4.10. The lowest BCUT2D eigenvalue weighted by molar-refractivity contribution is -0.116. The first-order chi connectivity index (χ1) is 14.5. The maximum absolute atomic E-state index is 13.2. The van der Waals surface area contributed by atoms with Crippen molar-refractivity contribution in [3.8, 4) is 0 Å². The van der Waals surface area contributed by atoms with Crippen molar-refractivity contribution >= 4 is 33.2 Å². The summed E-state index contributed by atoms with van der Waals surface area (Å²) in [6, 6.07) is 19.1. The summed E-state index contributed by atoms with van der Waals surface area (Å²) in [7, 11) is -3.10. The van der Waals surface area contributed by atoms with E-state index in [2.05, 4.69) is 17.1 Å². The predicted octanol–water partition coefficient (Wildman–Crippen LogP) is 3.24. The van der Waals surface area contributed by atoms with Crippen molar-refractivity contribution < 1.29 is 13.2 Å². The minimum absolute atomic E-state index is 0.0148. The molecule has 8 heteroatoms. The molecule has 1 amide bonds. The lowest BCUT2D eigenvalue weighted by Crippen LogP contribution is -2.42. The average molecular weight is 442 g/mol. The van der Waals surface area contributed by atoms with Crippen molar-refractivity contribution in [1.82, 2.24) is 9.55 Å². The number of amides is 1. The molecular weight excluding hydrogens is 418 g/mol. The fraction of sp³-hybridized carbons (Fsp3) is 0.273. The highest BCUT2D eigenvalue weighted by molar-refractivity contribution is 7.99. The second kappa shape index (κ2) is 9.06. The van der Waals surface area contributed by atoms with Crippen LogP contribution in [-0.4, -0.2) is 47.2 Å². The van der Waals surface area contributed by atoms with E-state index in [0.717, 1.165) is 16.4 Å². The van der Waals surface area contributed by atoms with E-state index in [1.54, 1.807) is 11.1 Å². The van der Waals surface area contributed by atoms with Crippen LogP contribution in [0, 0.1) is 0 Å². The van der Waals surface area contributed by atoms with Crippen LogP contribution in [0.5, 0.6) is 0 Å². The Morgan fingerprint density at radius 3 is 2.47 bits per heavy atom. The summed E-state index contributed by atoms with van der Waals surface area (Å²) < 4.78 is 26.0. The number of hydrogen-bond acceptors (Lipinski definition) is 5. The molecule has 0 bridgehead atoms. The summed E-state index contributed by atoms with van der Waals surface area (Å²) in [5, 5.41) is 0.763. The van der Waals surface area contributed by atoms with E-state index in [9.17, 15) is 13.2 Å². The maximum Gasteiger partial charge on any atom is 0.237 e. The van der Waals surface area contributed by atoms with Gasteiger partial charge in [0.1, 0.15) is 0 Å². The highest BCUT2D eigenvalue weighted by Crippen LogP contribution is 2.26. The smallest absolute Gasteiger partial charge is 0.237 e. The Hall–Kier alpha value is -2.58. The number of aromatic nitrogens is 2. The third-order valence-corrected chi connectivity index (χ3v) is 7.81. The first-order valence-electron chi connectivity index (χ1n) is 9.77. The Morgan fingerprint density at radius 1 is 1.10 bits per heavy atom. The molecule has 156 valence electrons. The van der Waals surface area contributed by atoms with Gasteiger partial charge < -0.3 is 9.47 Å². The van der Waals surface area contributed by atoms with Gasteiger partial charge in [0.15, 0.2) is 15.0 Å². The van der Waals surface area contributed by atoms with Gasteiger partial charge in [-0.15, -0.1) is 0 Å². The standard InChI is InChI=1S/C22H23N3O3S2/c26-21(16-29-22-23-12-13-24(22)15-18-7-3-1-4-8-18)25(19-9-5-2-6-10-19)20-11-14-30(27,28)17-20/h1-10,12-13,20H,11,14-17H2/t20-/m1/s1. The van der Waals surface area contributed by atoms with Crippen LogP contribution in [-0.2, 0) is 21.2 Å². The molecule has 1 aromatic heterocycles. The first-order valence-corrected chi connectivity index (χ1v) is 12.6. The molecule has 1 fully saturated rings. The number of benzene rings is 2. The van der Waals surface area contributed by atoms with Crippen LogP contribution in [0.3, 0.4) is 0 Å². The van der Waals surface area contributed by atoms with Gasteiger partial charge in [-0.05, 0) is 24.1 Å². The van der Waals surface area contributed by atoms with Crippen molar-refractivity contribution in [2.75, 3.05) is 22.2 Å². The summed E-state index contributed by atoms with van der Waals surface area (Å²) in [5.41, 5.74) is 1.89. The van der Waals surface area contributed by atoms with Gasteiger partial charge in [-0.1, -0.05) is 60.3 Å². The molecule has 4 rings (SSSR count). The normalized spacial score (nSPS) is 17.7. The number of anilines is 1. The quantitative estimate of drug-likeness (QED) is 0.527. The van der Waals surface area contributed by atoms with Crippen LogP contribution in [0.25, 0.3) is 0 Å². The Balaban J connectivity index is 1.48. The molecular formula is C22H23N3O3S2. The molecule has 0 aliphatic carbocycles. The number of rotatable bonds is 7. The molecule has 3 aromatic rings. The van der Waals surface area contributed by atoms with Gasteiger partial charge in [0.2, 0.25) is 5.91 Å². The highest BCUT2D eigenvalue weighted by Gasteiger charge is 2.35. The molecule has 0 N–H and O–H groups in total. The number of imidazole rings is 1. The van der Waals surface area contributed by atoms with E-state index >= 15 is 0 Å². The molecule has 1 atom stereocenters. The Kier molecular flexibility index (Phi) is 6.24. The Bertz CT molecular complexity index is 1100. The zero-order valence-electron chi connectivity index (χ0n) is 16.4. The second-order valence-electron chi connectivity index (χ2n) is 7.27. The molecule has 2 heterocycles. The van der Waals surface area contributed by atoms with Crippen molar-refractivity contribution in [2.24, 2.45) is 0 Å². The van der Waals surface area contributed by atoms with Crippen molar-refractivity contribution in [3.05, 3.63) is 78.6 Å². The van der Waals surface area contributed by atoms with E-state index in [-0.39, 0.29) is 29.2 Å². The van der Waals surface area contributed by atoms with Gasteiger partial charge in [0, 0.05) is 24.6 Å². The van der Waals surface area contributed by atoms with E-state index in [4.69, 9.17) is 0 Å². The number of carbonyl (C=O) groups is 1. The van der Waals surface area contributed by atoms with Gasteiger partial charge in [0.05, 0.1) is 23.3 Å². The Labute approximate surface area is 180 Å². The van der Waals surface area contributed by atoms with Gasteiger partial charge in [0.25, 0.3) is 0 Å². The lowest BCUT2D eigenvalue weighted by atomic mass is 10.2. The van der Waals surface area contributed by atoms with E-state index in [1.165, 1.54) is 11.8 Å². The third-order valence-electron chi connectivity index (χ3n) is 5.07. The van der Waals surface area contributed by atoms with Crippen LogP contribution >= 0.6 is 11.8 Å². The predicted molar refractivity (Wildman–Crippen MR) is 119 cm³/mol. The number of carbonyl (C=O) groups excluding carboxylic acids is 1. The molecule has 6 nitrogen and oxygen atoms in total. The highest BCUT2D eigenvalue weighted by atomic mass is 32.2. The molecule has 2 aromatic carbocycles. The monoisotopic (exact) mass is 441 g/mol. The number of hydrogen-bond donors (Lipinski definition) is 0. The average Bonchev–Trinajstić information content (AvgIpc) is 3.34. The molecule has 1 saturated heterocycles. The molecule has 0 saturated carbocycles. The van der Waals surface area contributed by atoms with Gasteiger partial charge in [-0.3, -0.25) is 4.79 Å². The van der Waals surface area contributed by atoms with Crippen LogP contribution in [0.1, 0.15) is 12.0 Å². The van der Waals surface area contributed by atoms with Gasteiger partial charge in [-0.2, -0.15) is 0 Å². The molecule has 1 aliphatic rings. The van der Waals surface area contributed by atoms with E-state index < -0.39 is 9.84 Å². The van der Waals surface area contributed by atoms with Crippen LogP contribution < -0.4 is 4.90 Å². The number of thioether (sulfide) groups is 1. The molecule has 0 unspecified atom stereocenters. The topological polar surface area (TPSA) is 72.3 Å². The summed E-state index contributed by atoms with van der Waals surface area (Å²) in [4.78, 5) is 19.2. The molecule has 0 spiro atoms. The van der Waals surface area contributed by atoms with E-state index in [0.29, 0.717) is 13.0 Å². The Morgan fingerprint density at radius 2 is 1.80 bits per heavy atom. The van der Waals surface area contributed by atoms with Crippen LogP contribution in [0.15, 0.2) is 78.2 Å². The zero-order chi connectivity index (χ0) is 21.0. The second-order valence-corrected chi connectivity index (χ2v) is 10.4. The van der Waals surface area contributed by atoms with Crippen LogP contribution in [0.2, 0.25) is 0 Å². The third kappa shape index (κ3) is 4.94. The fourth-order valence-electron chi connectivity index (χ4n) is 3.66. The largest absolute Gasteiger partial charge is 0.322 e. The molecule has 1 aliphatic heterocycles. The first kappa shape index (κ1) is 20.7. The summed E-state index contributed by atoms with van der Waals surface area (Å²) in [6.45, 7) is 0.681. The summed E-state index contributed by atoms with van der Waals surface area (Å²) >= 11 is 1.37. The van der Waals surface area contributed by atoms with E-state index in [1.807, 2.05) is 59.3 Å². The zero-order valence-corrected chi connectivity index (χ0v) is 18.1. The molecule has 0 radical (unpaired) electrons. The number of para-hydroxylation sites is 1. The van der Waals surface area contributed by atoms with Crippen LogP contribution in [0.4, 0.5) is 5.69 Å². The van der Waals surface area contributed by atoms with Crippen molar-refractivity contribution in [1.29, 1.82) is 0 Å². The molecule has 30 heavy (non-hydrogen) atoms. The number of sulfone groups is 1. The minimum Gasteiger partial charge on any atom is -0.322 e. The fourth-order valence-corrected chi connectivity index (χ4v) is 6.18. The SMILES string of the molecule is O=C(CSc1nccn1Cc1ccccc1)N(c1ccccc1)[C@@H]1CCS(=O)(=O)C1.